The van der Waals surface area contributed by atoms with Crippen LogP contribution in [-0.4, -0.2) is 15.8 Å². The van der Waals surface area contributed by atoms with Crippen LogP contribution >= 0.6 is 0 Å². The Balaban J connectivity index is 1.79. The molecule has 0 aliphatic heterocycles. The largest absolute Gasteiger partial charge is 0.310 e. The summed E-state index contributed by atoms with van der Waals surface area (Å²) in [6.07, 6.45) is 8.98. The monoisotopic (exact) mass is 271 g/mol. The molecule has 1 unspecified atom stereocenters. The molecular formula is C17H25N3. The Morgan fingerprint density at radius 2 is 2.00 bits per heavy atom. The predicted molar refractivity (Wildman–Crippen MR) is 84.0 cm³/mol. The van der Waals surface area contributed by atoms with Gasteiger partial charge in [-0.25, -0.2) is 4.68 Å². The fourth-order valence-electron chi connectivity index (χ4n) is 2.28. The Hall–Kier alpha value is -1.61. The first-order valence-corrected chi connectivity index (χ1v) is 7.62. The fourth-order valence-corrected chi connectivity index (χ4v) is 2.28. The third kappa shape index (κ3) is 4.49. The standard InChI is InChI=1S/C17H25N3/c1-3-4-5-7-15(2)18-14-16-8-10-17(11-9-16)20-13-6-12-19-20/h6,8-13,15,18H,3-5,7,14H2,1-2H3. The third-order valence-corrected chi connectivity index (χ3v) is 3.60. The number of hydrogen-bond acceptors (Lipinski definition) is 2. The van der Waals surface area contributed by atoms with Crippen LogP contribution in [0, 0.1) is 0 Å². The van der Waals surface area contributed by atoms with Gasteiger partial charge < -0.3 is 5.32 Å². The number of nitrogens with one attached hydrogen (secondary N) is 1. The molecule has 0 spiro atoms. The van der Waals surface area contributed by atoms with Crippen LogP contribution in [0.15, 0.2) is 42.7 Å². The number of benzene rings is 1. The maximum Gasteiger partial charge on any atom is 0.0645 e. The van der Waals surface area contributed by atoms with Gasteiger partial charge in [0, 0.05) is 25.0 Å². The average Bonchev–Trinajstić information content (AvgIpc) is 3.00. The molecule has 0 aliphatic rings. The first-order chi connectivity index (χ1) is 9.79. The molecule has 0 amide bonds. The maximum absolute atomic E-state index is 4.23. The van der Waals surface area contributed by atoms with Crippen LogP contribution in [0.3, 0.4) is 0 Å². The summed E-state index contributed by atoms with van der Waals surface area (Å²) in [6.45, 7) is 5.46. The SMILES string of the molecule is CCCCCC(C)NCc1ccc(-n2cccn2)cc1. The highest BCUT2D eigenvalue weighted by atomic mass is 15.3. The molecule has 1 atom stereocenters. The summed E-state index contributed by atoms with van der Waals surface area (Å²) in [5.74, 6) is 0. The average molecular weight is 271 g/mol. The summed E-state index contributed by atoms with van der Waals surface area (Å²) in [7, 11) is 0. The van der Waals surface area contributed by atoms with Gasteiger partial charge >= 0.3 is 0 Å². The number of nitrogens with zero attached hydrogens (tertiary/aromatic N) is 2. The van der Waals surface area contributed by atoms with Crippen molar-refractivity contribution in [2.75, 3.05) is 0 Å². The van der Waals surface area contributed by atoms with Crippen molar-refractivity contribution in [3.63, 3.8) is 0 Å². The zero-order valence-electron chi connectivity index (χ0n) is 12.5. The lowest BCUT2D eigenvalue weighted by Crippen LogP contribution is -2.25. The van der Waals surface area contributed by atoms with Gasteiger partial charge in [0.15, 0.2) is 0 Å². The van der Waals surface area contributed by atoms with Gasteiger partial charge in [-0.05, 0) is 37.1 Å². The van der Waals surface area contributed by atoms with Crippen LogP contribution in [-0.2, 0) is 6.54 Å². The van der Waals surface area contributed by atoms with Crippen LogP contribution < -0.4 is 5.32 Å². The number of rotatable bonds is 8. The second-order valence-corrected chi connectivity index (χ2v) is 5.39. The second kappa shape index (κ2) is 7.85. The lowest BCUT2D eigenvalue weighted by Gasteiger charge is -2.13. The van der Waals surface area contributed by atoms with E-state index in [1.54, 1.807) is 6.20 Å². The molecule has 20 heavy (non-hydrogen) atoms. The van der Waals surface area contributed by atoms with Crippen molar-refractivity contribution < 1.29 is 0 Å². The van der Waals surface area contributed by atoms with Crippen molar-refractivity contribution in [1.82, 2.24) is 15.1 Å². The van der Waals surface area contributed by atoms with Gasteiger partial charge in [0.1, 0.15) is 0 Å². The molecular weight excluding hydrogens is 246 g/mol. The molecule has 108 valence electrons. The van der Waals surface area contributed by atoms with Crippen LogP contribution in [0.5, 0.6) is 0 Å². The maximum atomic E-state index is 4.23. The molecule has 2 rings (SSSR count). The molecule has 3 heteroatoms. The molecule has 0 aliphatic carbocycles. The van der Waals surface area contributed by atoms with E-state index in [4.69, 9.17) is 0 Å². The number of aromatic nitrogens is 2. The van der Waals surface area contributed by atoms with Crippen molar-refractivity contribution in [1.29, 1.82) is 0 Å². The van der Waals surface area contributed by atoms with Crippen LogP contribution in [0.25, 0.3) is 5.69 Å². The van der Waals surface area contributed by atoms with Crippen molar-refractivity contribution in [2.24, 2.45) is 0 Å². The highest BCUT2D eigenvalue weighted by Gasteiger charge is 2.02. The van der Waals surface area contributed by atoms with Gasteiger partial charge in [-0.3, -0.25) is 0 Å². The van der Waals surface area contributed by atoms with Gasteiger partial charge in [0.25, 0.3) is 0 Å². The minimum absolute atomic E-state index is 0.590. The predicted octanol–water partition coefficient (Wildman–Crippen LogP) is 3.93. The second-order valence-electron chi connectivity index (χ2n) is 5.39. The molecule has 0 fully saturated rings. The Morgan fingerprint density at radius 1 is 1.20 bits per heavy atom. The molecule has 0 bridgehead atoms. The molecule has 0 radical (unpaired) electrons. The van der Waals surface area contributed by atoms with Crippen molar-refractivity contribution in [3.05, 3.63) is 48.3 Å². The lowest BCUT2D eigenvalue weighted by atomic mass is 10.1. The molecule has 2 aromatic rings. The van der Waals surface area contributed by atoms with E-state index in [0.29, 0.717) is 6.04 Å². The van der Waals surface area contributed by atoms with E-state index in [9.17, 15) is 0 Å². The topological polar surface area (TPSA) is 29.9 Å². The molecule has 0 saturated heterocycles. The van der Waals surface area contributed by atoms with Crippen LogP contribution in [0.4, 0.5) is 0 Å². The summed E-state index contributed by atoms with van der Waals surface area (Å²) >= 11 is 0. The summed E-state index contributed by atoms with van der Waals surface area (Å²) in [5.41, 5.74) is 2.43. The van der Waals surface area contributed by atoms with Crippen LogP contribution in [0.1, 0.15) is 45.1 Å². The summed E-state index contributed by atoms with van der Waals surface area (Å²) in [6, 6.07) is 11.1. The Morgan fingerprint density at radius 3 is 2.65 bits per heavy atom. The molecule has 1 aromatic carbocycles. The van der Waals surface area contributed by atoms with Gasteiger partial charge in [0.2, 0.25) is 0 Å². The molecule has 0 saturated carbocycles. The van der Waals surface area contributed by atoms with E-state index >= 15 is 0 Å². The highest BCUT2D eigenvalue weighted by Crippen LogP contribution is 2.09. The van der Waals surface area contributed by atoms with Crippen LogP contribution in [0.2, 0.25) is 0 Å². The minimum Gasteiger partial charge on any atom is -0.310 e. The highest BCUT2D eigenvalue weighted by molar-refractivity contribution is 5.33. The lowest BCUT2D eigenvalue weighted by molar-refractivity contribution is 0.487. The van der Waals surface area contributed by atoms with E-state index in [2.05, 4.69) is 48.5 Å². The van der Waals surface area contributed by atoms with Gasteiger partial charge in [-0.15, -0.1) is 0 Å². The third-order valence-electron chi connectivity index (χ3n) is 3.60. The first-order valence-electron chi connectivity index (χ1n) is 7.62. The minimum atomic E-state index is 0.590. The molecule has 3 nitrogen and oxygen atoms in total. The van der Waals surface area contributed by atoms with Gasteiger partial charge in [-0.1, -0.05) is 38.3 Å². The first kappa shape index (κ1) is 14.8. The van der Waals surface area contributed by atoms with E-state index < -0.39 is 0 Å². The Bertz CT molecular complexity index is 473. The van der Waals surface area contributed by atoms with E-state index in [1.807, 2.05) is 16.9 Å². The van der Waals surface area contributed by atoms with Crippen molar-refractivity contribution in [2.45, 2.75) is 52.1 Å². The smallest absolute Gasteiger partial charge is 0.0645 e. The fraction of sp³-hybridized carbons (Fsp3) is 0.471. The van der Waals surface area contributed by atoms with E-state index in [1.165, 1.54) is 31.2 Å². The van der Waals surface area contributed by atoms with Crippen molar-refractivity contribution in [3.8, 4) is 5.69 Å². The zero-order chi connectivity index (χ0) is 14.2. The van der Waals surface area contributed by atoms with Crippen molar-refractivity contribution >= 4 is 0 Å². The summed E-state index contributed by atoms with van der Waals surface area (Å²) in [4.78, 5) is 0. The van der Waals surface area contributed by atoms with E-state index in [0.717, 1.165) is 12.2 Å². The summed E-state index contributed by atoms with van der Waals surface area (Å²) in [5, 5.41) is 7.82. The Kier molecular flexibility index (Phi) is 5.81. The molecule has 1 N–H and O–H groups in total. The molecule has 1 aromatic heterocycles. The Labute approximate surface area is 122 Å². The van der Waals surface area contributed by atoms with Gasteiger partial charge in [-0.2, -0.15) is 5.10 Å². The number of unbranched alkanes of at least 4 members (excludes halogenated alkanes) is 2. The summed E-state index contributed by atoms with van der Waals surface area (Å²) < 4.78 is 1.88. The molecule has 1 heterocycles. The normalized spacial score (nSPS) is 12.5. The van der Waals surface area contributed by atoms with Gasteiger partial charge in [0.05, 0.1) is 5.69 Å². The van der Waals surface area contributed by atoms with E-state index in [-0.39, 0.29) is 0 Å². The zero-order valence-corrected chi connectivity index (χ0v) is 12.5. The number of hydrogen-bond donors (Lipinski definition) is 1. The quantitative estimate of drug-likeness (QED) is 0.737.